The molecule has 1 atom stereocenters. The number of aryl methyl sites for hydroxylation is 1. The molecule has 1 aliphatic heterocycles. The number of hydrogen-bond donors (Lipinski definition) is 1. The molecule has 5 nitrogen and oxygen atoms in total. The van der Waals surface area contributed by atoms with Crippen molar-refractivity contribution in [3.8, 4) is 5.75 Å². The van der Waals surface area contributed by atoms with Gasteiger partial charge in [-0.25, -0.2) is 0 Å². The second-order valence-electron chi connectivity index (χ2n) is 6.84. The first-order chi connectivity index (χ1) is 13.7. The lowest BCUT2D eigenvalue weighted by atomic mass is 9.45. The first-order valence-electron chi connectivity index (χ1n) is 9.52. The van der Waals surface area contributed by atoms with Crippen LogP contribution in [0.4, 0.5) is 0 Å². The Morgan fingerprint density at radius 3 is 2.18 bits per heavy atom. The van der Waals surface area contributed by atoms with Crippen LogP contribution in [0.3, 0.4) is 0 Å². The first kappa shape index (κ1) is 18.7. The van der Waals surface area contributed by atoms with Gasteiger partial charge in [0.25, 0.3) is 0 Å². The van der Waals surface area contributed by atoms with Gasteiger partial charge in [0.15, 0.2) is 0 Å². The standard InChI is InChI=1S/C22H23BNO4/c1-3-26-22-20-17(15-25)14-24-16(2)21(20)27-23(28-22,18-10-6-4-7-11-18)19-12-8-5-9-13-19/h4-14,22,25H,3,15H2,1-2H3/q-1/t22-/m1/s1. The highest BCUT2D eigenvalue weighted by atomic mass is 16.7. The highest BCUT2D eigenvalue weighted by Gasteiger charge is 2.42. The molecule has 0 saturated heterocycles. The molecule has 0 aliphatic carbocycles. The van der Waals surface area contributed by atoms with Gasteiger partial charge in [-0.15, -0.1) is 10.9 Å². The van der Waals surface area contributed by atoms with Crippen LogP contribution in [0.15, 0.2) is 66.9 Å². The van der Waals surface area contributed by atoms with Gasteiger partial charge in [0.05, 0.1) is 17.9 Å². The maximum absolute atomic E-state index is 9.83. The highest BCUT2D eigenvalue weighted by molar-refractivity contribution is 6.93. The summed E-state index contributed by atoms with van der Waals surface area (Å²) in [5, 5.41) is 9.83. The van der Waals surface area contributed by atoms with Crippen LogP contribution in [0.5, 0.6) is 5.75 Å². The molecule has 0 saturated carbocycles. The maximum Gasteiger partial charge on any atom is 0.354 e. The Morgan fingerprint density at radius 2 is 1.64 bits per heavy atom. The van der Waals surface area contributed by atoms with Gasteiger partial charge in [-0.3, -0.25) is 4.98 Å². The molecule has 4 rings (SSSR count). The molecule has 0 radical (unpaired) electrons. The lowest BCUT2D eigenvalue weighted by Gasteiger charge is -2.51. The number of aliphatic hydroxyl groups excluding tert-OH is 1. The SMILES string of the molecule is CCO[C@@H]1O[B-](c2ccccc2)(c2ccccc2)Oc2c(C)ncc(CO)c21. The fourth-order valence-electron chi connectivity index (χ4n) is 3.79. The zero-order valence-corrected chi connectivity index (χ0v) is 16.0. The molecule has 0 bridgehead atoms. The van der Waals surface area contributed by atoms with E-state index in [1.54, 1.807) is 6.20 Å². The zero-order chi connectivity index (χ0) is 19.6. The van der Waals surface area contributed by atoms with Crippen molar-refractivity contribution in [3.05, 3.63) is 83.7 Å². The number of benzene rings is 2. The minimum absolute atomic E-state index is 0.164. The molecule has 3 aromatic rings. The Kier molecular flexibility index (Phi) is 5.18. The second kappa shape index (κ2) is 7.76. The van der Waals surface area contributed by atoms with Crippen molar-refractivity contribution in [1.82, 2.24) is 4.98 Å². The molecule has 1 aromatic heterocycles. The largest absolute Gasteiger partial charge is 0.684 e. The van der Waals surface area contributed by atoms with E-state index in [1.807, 2.05) is 74.5 Å². The third-order valence-corrected chi connectivity index (χ3v) is 5.13. The minimum Gasteiger partial charge on any atom is -0.684 e. The highest BCUT2D eigenvalue weighted by Crippen LogP contribution is 2.41. The molecule has 144 valence electrons. The Labute approximate surface area is 164 Å². The number of ether oxygens (including phenoxy) is 1. The van der Waals surface area contributed by atoms with E-state index in [0.717, 1.165) is 16.6 Å². The van der Waals surface area contributed by atoms with Crippen LogP contribution in [0, 0.1) is 6.92 Å². The molecule has 0 amide bonds. The van der Waals surface area contributed by atoms with E-state index in [9.17, 15) is 5.11 Å². The van der Waals surface area contributed by atoms with Crippen molar-refractivity contribution >= 4 is 17.5 Å². The van der Waals surface area contributed by atoms with Crippen molar-refractivity contribution in [3.63, 3.8) is 0 Å². The normalized spacial score (nSPS) is 17.6. The fourth-order valence-corrected chi connectivity index (χ4v) is 3.79. The molecule has 1 N–H and O–H groups in total. The molecule has 28 heavy (non-hydrogen) atoms. The number of pyridine rings is 1. The average Bonchev–Trinajstić information content (AvgIpc) is 2.75. The lowest BCUT2D eigenvalue weighted by Crippen LogP contribution is -2.67. The maximum atomic E-state index is 9.83. The fraction of sp³-hybridized carbons (Fsp3) is 0.227. The van der Waals surface area contributed by atoms with Crippen molar-refractivity contribution in [1.29, 1.82) is 0 Å². The number of hydrogen-bond acceptors (Lipinski definition) is 5. The molecule has 0 unspecified atom stereocenters. The number of nitrogens with zero attached hydrogens (tertiary/aromatic N) is 1. The number of aromatic nitrogens is 1. The Bertz CT molecular complexity index is 910. The molecule has 2 heterocycles. The summed E-state index contributed by atoms with van der Waals surface area (Å²) in [6.07, 6.45) is 0.982. The third kappa shape index (κ3) is 3.09. The van der Waals surface area contributed by atoms with Crippen LogP contribution < -0.4 is 15.6 Å². The van der Waals surface area contributed by atoms with Crippen molar-refractivity contribution in [2.24, 2.45) is 0 Å². The van der Waals surface area contributed by atoms with E-state index in [0.29, 0.717) is 23.5 Å². The van der Waals surface area contributed by atoms with E-state index in [2.05, 4.69) is 4.98 Å². The molecule has 6 heteroatoms. The van der Waals surface area contributed by atoms with Crippen LogP contribution in [-0.4, -0.2) is 23.2 Å². The molecule has 0 fully saturated rings. The smallest absolute Gasteiger partial charge is 0.354 e. The topological polar surface area (TPSA) is 60.8 Å². The van der Waals surface area contributed by atoms with Gasteiger partial charge in [0, 0.05) is 18.4 Å². The van der Waals surface area contributed by atoms with Gasteiger partial charge in [-0.05, 0) is 13.8 Å². The zero-order valence-electron chi connectivity index (χ0n) is 16.0. The summed E-state index contributed by atoms with van der Waals surface area (Å²) in [7, 11) is 0. The van der Waals surface area contributed by atoms with E-state index in [4.69, 9.17) is 14.0 Å². The van der Waals surface area contributed by atoms with Gasteiger partial charge in [-0.1, -0.05) is 60.7 Å². The predicted molar refractivity (Wildman–Crippen MR) is 109 cm³/mol. The van der Waals surface area contributed by atoms with Crippen LogP contribution >= 0.6 is 0 Å². The Hall–Kier alpha value is -2.67. The van der Waals surface area contributed by atoms with Gasteiger partial charge < -0.3 is 19.2 Å². The molecule has 0 spiro atoms. The van der Waals surface area contributed by atoms with Crippen LogP contribution in [0.25, 0.3) is 0 Å². The van der Waals surface area contributed by atoms with Crippen molar-refractivity contribution in [2.45, 2.75) is 26.7 Å². The monoisotopic (exact) mass is 376 g/mol. The number of rotatable bonds is 5. The van der Waals surface area contributed by atoms with Gasteiger partial charge >= 0.3 is 6.55 Å². The van der Waals surface area contributed by atoms with E-state index < -0.39 is 12.8 Å². The predicted octanol–water partition coefficient (Wildman–Crippen LogP) is 2.58. The summed E-state index contributed by atoms with van der Waals surface area (Å²) in [6, 6.07) is 19.8. The number of aliphatic hydroxyl groups is 1. The summed E-state index contributed by atoms with van der Waals surface area (Å²) in [5.74, 6) is 0.615. The second-order valence-corrected chi connectivity index (χ2v) is 6.84. The average molecular weight is 376 g/mol. The Balaban J connectivity index is 1.97. The number of fused-ring (bicyclic) bond motifs is 1. The molecular weight excluding hydrogens is 353 g/mol. The minimum atomic E-state index is -2.05. The summed E-state index contributed by atoms with van der Waals surface area (Å²) >= 11 is 0. The van der Waals surface area contributed by atoms with Crippen molar-refractivity contribution < 1.29 is 19.2 Å². The van der Waals surface area contributed by atoms with E-state index >= 15 is 0 Å². The summed E-state index contributed by atoms with van der Waals surface area (Å²) in [4.78, 5) is 4.42. The summed E-state index contributed by atoms with van der Waals surface area (Å²) in [6.45, 7) is 2.07. The summed E-state index contributed by atoms with van der Waals surface area (Å²) < 4.78 is 19.2. The van der Waals surface area contributed by atoms with Gasteiger partial charge in [0.2, 0.25) is 0 Å². The van der Waals surface area contributed by atoms with Gasteiger partial charge in [0.1, 0.15) is 12.0 Å². The van der Waals surface area contributed by atoms with Gasteiger partial charge in [-0.2, -0.15) is 0 Å². The molecule has 2 aromatic carbocycles. The van der Waals surface area contributed by atoms with Crippen LogP contribution in [0.2, 0.25) is 0 Å². The Morgan fingerprint density at radius 1 is 1.04 bits per heavy atom. The van der Waals surface area contributed by atoms with E-state index in [-0.39, 0.29) is 6.61 Å². The third-order valence-electron chi connectivity index (χ3n) is 5.13. The van der Waals surface area contributed by atoms with Crippen LogP contribution in [-0.2, 0) is 16.0 Å². The molecular formula is C22H23BNO4-. The quantitative estimate of drug-likeness (QED) is 0.694. The van der Waals surface area contributed by atoms with Crippen molar-refractivity contribution in [2.75, 3.05) is 6.61 Å². The van der Waals surface area contributed by atoms with E-state index in [1.165, 1.54) is 0 Å². The molecule has 1 aliphatic rings. The van der Waals surface area contributed by atoms with Crippen LogP contribution in [0.1, 0.15) is 30.0 Å². The summed E-state index contributed by atoms with van der Waals surface area (Å²) in [5.41, 5.74) is 3.92. The first-order valence-corrected chi connectivity index (χ1v) is 9.52. The lowest BCUT2D eigenvalue weighted by molar-refractivity contribution is -0.0996.